The van der Waals surface area contributed by atoms with E-state index in [1.54, 1.807) is 16.2 Å². The lowest BCUT2D eigenvalue weighted by Gasteiger charge is -2.30. The number of hydrogen-bond acceptors (Lipinski definition) is 6. The largest absolute Gasteiger partial charge is 0.379 e. The van der Waals surface area contributed by atoms with Gasteiger partial charge in [0, 0.05) is 44.8 Å². The van der Waals surface area contributed by atoms with E-state index in [0.29, 0.717) is 18.2 Å². The minimum atomic E-state index is -0.382. The van der Waals surface area contributed by atoms with Gasteiger partial charge in [-0.1, -0.05) is 35.6 Å². The van der Waals surface area contributed by atoms with Crippen LogP contribution in [0, 0.1) is 19.8 Å². The summed E-state index contributed by atoms with van der Waals surface area (Å²) in [6, 6.07) is 13.8. The lowest BCUT2D eigenvalue weighted by molar-refractivity contribution is -0.124. The van der Waals surface area contributed by atoms with Gasteiger partial charge in [-0.3, -0.25) is 19.4 Å². The molecule has 0 bridgehead atoms. The molecule has 1 atom stereocenters. The number of morpholine rings is 1. The van der Waals surface area contributed by atoms with E-state index < -0.39 is 0 Å². The van der Waals surface area contributed by atoms with Crippen molar-refractivity contribution in [1.29, 1.82) is 0 Å². The predicted molar refractivity (Wildman–Crippen MR) is 143 cm³/mol. The zero-order chi connectivity index (χ0) is 23.7. The maximum atomic E-state index is 13.8. The summed E-state index contributed by atoms with van der Waals surface area (Å²) in [4.78, 5) is 37.4. The molecule has 2 amide bonds. The molecule has 0 radical (unpaired) electrons. The molecule has 1 aromatic heterocycles. The molecule has 2 saturated heterocycles. The second kappa shape index (κ2) is 11.0. The zero-order valence-corrected chi connectivity index (χ0v) is 21.7. The van der Waals surface area contributed by atoms with E-state index in [1.165, 1.54) is 5.56 Å². The number of aromatic nitrogens is 1. The van der Waals surface area contributed by atoms with E-state index in [2.05, 4.69) is 30.9 Å². The van der Waals surface area contributed by atoms with Crippen LogP contribution < -0.4 is 9.80 Å². The second-order valence-electron chi connectivity index (χ2n) is 9.04. The molecule has 2 aliphatic heterocycles. The van der Waals surface area contributed by atoms with E-state index in [9.17, 15) is 9.59 Å². The molecular formula is C26H31ClN4O3S. The highest BCUT2D eigenvalue weighted by Gasteiger charge is 2.38. The average molecular weight is 515 g/mol. The first-order valence-corrected chi connectivity index (χ1v) is 12.7. The molecule has 0 spiro atoms. The van der Waals surface area contributed by atoms with Crippen molar-refractivity contribution in [1.82, 2.24) is 9.88 Å². The standard InChI is InChI=1S/C26H30N4O3S.ClH/c1-18-8-9-22-24(19(18)2)27-26(34-22)29(11-10-28-12-14-33-15-13-28)25(32)20-16-23(31)30(17-20)21-6-4-3-5-7-21;/h3-9,20H,10-17H2,1-2H3;1H. The molecule has 35 heavy (non-hydrogen) atoms. The second-order valence-corrected chi connectivity index (χ2v) is 10.0. The van der Waals surface area contributed by atoms with Crippen molar-refractivity contribution >= 4 is 56.6 Å². The summed E-state index contributed by atoms with van der Waals surface area (Å²) in [5.74, 6) is -0.408. The molecule has 2 aromatic carbocycles. The molecule has 0 saturated carbocycles. The molecule has 7 nitrogen and oxygen atoms in total. The molecule has 186 valence electrons. The van der Waals surface area contributed by atoms with Crippen molar-refractivity contribution in [3.05, 3.63) is 53.6 Å². The minimum absolute atomic E-state index is 0. The summed E-state index contributed by atoms with van der Waals surface area (Å²) in [5.41, 5.74) is 4.13. The fourth-order valence-corrected chi connectivity index (χ4v) is 5.70. The van der Waals surface area contributed by atoms with E-state index in [4.69, 9.17) is 9.72 Å². The molecule has 1 unspecified atom stereocenters. The Labute approximate surface area is 216 Å². The Hall–Kier alpha value is -2.52. The number of anilines is 2. The van der Waals surface area contributed by atoms with Gasteiger partial charge >= 0.3 is 0 Å². The Bertz CT molecular complexity index is 1200. The molecule has 9 heteroatoms. The van der Waals surface area contributed by atoms with Crippen LogP contribution in [0.15, 0.2) is 42.5 Å². The molecule has 0 aliphatic carbocycles. The number of hydrogen-bond donors (Lipinski definition) is 0. The lowest BCUT2D eigenvalue weighted by Crippen LogP contribution is -2.45. The Balaban J connectivity index is 0.00000289. The van der Waals surface area contributed by atoms with Gasteiger partial charge in [-0.05, 0) is 43.2 Å². The Morgan fingerprint density at radius 2 is 1.89 bits per heavy atom. The fourth-order valence-electron chi connectivity index (χ4n) is 4.65. The van der Waals surface area contributed by atoms with Gasteiger partial charge in [0.15, 0.2) is 5.13 Å². The first-order valence-electron chi connectivity index (χ1n) is 11.8. The smallest absolute Gasteiger partial charge is 0.234 e. The third-order valence-corrected chi connectivity index (χ3v) is 7.90. The molecule has 2 aliphatic rings. The van der Waals surface area contributed by atoms with Crippen LogP contribution in [0.25, 0.3) is 10.2 Å². The van der Waals surface area contributed by atoms with E-state index in [-0.39, 0.29) is 36.6 Å². The number of aryl methyl sites for hydroxylation is 2. The first kappa shape index (κ1) is 25.6. The number of fused-ring (bicyclic) bond motifs is 1. The van der Waals surface area contributed by atoms with Crippen LogP contribution in [0.1, 0.15) is 17.5 Å². The third kappa shape index (κ3) is 5.35. The Kier molecular flexibility index (Phi) is 8.06. The van der Waals surface area contributed by atoms with E-state index in [0.717, 1.165) is 54.3 Å². The number of thiazole rings is 1. The highest BCUT2D eigenvalue weighted by molar-refractivity contribution is 7.22. The quantitative estimate of drug-likeness (QED) is 0.496. The number of para-hydroxylation sites is 1. The maximum Gasteiger partial charge on any atom is 0.234 e. The lowest BCUT2D eigenvalue weighted by atomic mass is 10.1. The number of rotatable bonds is 6. The van der Waals surface area contributed by atoms with Gasteiger partial charge in [0.1, 0.15) is 0 Å². The summed E-state index contributed by atoms with van der Waals surface area (Å²) in [7, 11) is 0. The van der Waals surface area contributed by atoms with Gasteiger partial charge in [-0.15, -0.1) is 12.4 Å². The van der Waals surface area contributed by atoms with Crippen molar-refractivity contribution in [3.8, 4) is 0 Å². The van der Waals surface area contributed by atoms with Gasteiger partial charge in [0.25, 0.3) is 0 Å². The van der Waals surface area contributed by atoms with Crippen molar-refractivity contribution in [2.75, 3.05) is 55.7 Å². The van der Waals surface area contributed by atoms with E-state index in [1.807, 2.05) is 35.2 Å². The number of carbonyl (C=O) groups is 2. The average Bonchev–Trinajstić information content (AvgIpc) is 3.47. The first-order chi connectivity index (χ1) is 16.5. The summed E-state index contributed by atoms with van der Waals surface area (Å²) in [6.07, 6.45) is 0.227. The van der Waals surface area contributed by atoms with Gasteiger partial charge in [0.05, 0.1) is 29.3 Å². The maximum absolute atomic E-state index is 13.8. The number of amides is 2. The molecule has 3 aromatic rings. The van der Waals surface area contributed by atoms with Gasteiger partial charge in [-0.25, -0.2) is 4.98 Å². The highest BCUT2D eigenvalue weighted by Crippen LogP contribution is 2.34. The van der Waals surface area contributed by atoms with E-state index >= 15 is 0 Å². The van der Waals surface area contributed by atoms with Crippen LogP contribution in [0.4, 0.5) is 10.8 Å². The Morgan fingerprint density at radius 3 is 2.63 bits per heavy atom. The third-order valence-electron chi connectivity index (χ3n) is 6.86. The van der Waals surface area contributed by atoms with Crippen LogP contribution in [0.3, 0.4) is 0 Å². The van der Waals surface area contributed by atoms with Crippen LogP contribution in [0.5, 0.6) is 0 Å². The van der Waals surface area contributed by atoms with Crippen molar-refractivity contribution in [2.24, 2.45) is 5.92 Å². The highest BCUT2D eigenvalue weighted by atomic mass is 35.5. The van der Waals surface area contributed by atoms with Crippen molar-refractivity contribution < 1.29 is 14.3 Å². The number of ether oxygens (including phenoxy) is 1. The Morgan fingerprint density at radius 1 is 1.14 bits per heavy atom. The van der Waals surface area contributed by atoms with Crippen LogP contribution in [-0.2, 0) is 14.3 Å². The topological polar surface area (TPSA) is 66.0 Å². The van der Waals surface area contributed by atoms with Gasteiger partial charge in [0.2, 0.25) is 11.8 Å². The van der Waals surface area contributed by atoms with Gasteiger partial charge < -0.3 is 9.64 Å². The fraction of sp³-hybridized carbons (Fsp3) is 0.423. The van der Waals surface area contributed by atoms with Crippen LogP contribution >= 0.6 is 23.7 Å². The summed E-state index contributed by atoms with van der Waals surface area (Å²) in [6.45, 7) is 9.03. The summed E-state index contributed by atoms with van der Waals surface area (Å²) in [5, 5.41) is 0.715. The predicted octanol–water partition coefficient (Wildman–Crippen LogP) is 4.05. The van der Waals surface area contributed by atoms with Crippen LogP contribution in [0.2, 0.25) is 0 Å². The minimum Gasteiger partial charge on any atom is -0.379 e. The molecule has 2 fully saturated rings. The molecule has 3 heterocycles. The number of nitrogens with zero attached hydrogens (tertiary/aromatic N) is 4. The molecule has 5 rings (SSSR count). The zero-order valence-electron chi connectivity index (χ0n) is 20.1. The summed E-state index contributed by atoms with van der Waals surface area (Å²) >= 11 is 1.55. The normalized spacial score (nSPS) is 18.6. The number of carbonyl (C=O) groups excluding carboxylic acids is 2. The number of benzene rings is 2. The monoisotopic (exact) mass is 514 g/mol. The van der Waals surface area contributed by atoms with Gasteiger partial charge in [-0.2, -0.15) is 0 Å². The molecule has 0 N–H and O–H groups in total. The molecular weight excluding hydrogens is 484 g/mol. The van der Waals surface area contributed by atoms with Crippen molar-refractivity contribution in [3.63, 3.8) is 0 Å². The summed E-state index contributed by atoms with van der Waals surface area (Å²) < 4.78 is 6.55. The van der Waals surface area contributed by atoms with Crippen molar-refractivity contribution in [2.45, 2.75) is 20.3 Å². The van der Waals surface area contributed by atoms with Crippen LogP contribution in [-0.4, -0.2) is 67.6 Å². The number of halogens is 1. The SMILES string of the molecule is Cc1ccc2sc(N(CCN3CCOCC3)C(=O)C3CC(=O)N(c4ccccc4)C3)nc2c1C.Cl.